The second kappa shape index (κ2) is 4.14. The smallest absolute Gasteiger partial charge is 0.0433 e. The first-order valence-electron chi connectivity index (χ1n) is 5.51. The van der Waals surface area contributed by atoms with E-state index >= 15 is 0 Å². The summed E-state index contributed by atoms with van der Waals surface area (Å²) in [5, 5.41) is 8.98. The molecular formula is C13H18O. The van der Waals surface area contributed by atoms with Gasteiger partial charge < -0.3 is 5.11 Å². The molecule has 1 heteroatoms. The Morgan fingerprint density at radius 3 is 2.93 bits per heavy atom. The number of fused-ring (bicyclic) bond motifs is 1. The highest BCUT2D eigenvalue weighted by molar-refractivity contribution is 5.32. The minimum Gasteiger partial charge on any atom is -0.396 e. The molecule has 2 atom stereocenters. The maximum absolute atomic E-state index is 8.98. The monoisotopic (exact) mass is 190 g/mol. The van der Waals surface area contributed by atoms with Crippen molar-refractivity contribution in [2.24, 2.45) is 5.92 Å². The molecule has 0 saturated carbocycles. The summed E-state index contributed by atoms with van der Waals surface area (Å²) in [6.45, 7) is 2.62. The molecule has 0 aromatic heterocycles. The van der Waals surface area contributed by atoms with Gasteiger partial charge in [-0.05, 0) is 42.2 Å². The average molecular weight is 190 g/mol. The van der Waals surface area contributed by atoms with E-state index in [0.29, 0.717) is 18.4 Å². The summed E-state index contributed by atoms with van der Waals surface area (Å²) in [6, 6.07) is 8.72. The van der Waals surface area contributed by atoms with Crippen LogP contribution >= 0.6 is 0 Å². The maximum atomic E-state index is 8.98. The lowest BCUT2D eigenvalue weighted by Crippen LogP contribution is -2.19. The molecule has 0 amide bonds. The largest absolute Gasteiger partial charge is 0.396 e. The summed E-state index contributed by atoms with van der Waals surface area (Å²) in [7, 11) is 0. The Balaban J connectivity index is 2.22. The van der Waals surface area contributed by atoms with E-state index in [0.717, 1.165) is 6.42 Å². The lowest BCUT2D eigenvalue weighted by Gasteiger charge is -2.30. The molecule has 2 unspecified atom stereocenters. The van der Waals surface area contributed by atoms with Gasteiger partial charge in [0.05, 0.1) is 0 Å². The molecule has 1 aromatic rings. The quantitative estimate of drug-likeness (QED) is 0.760. The summed E-state index contributed by atoms with van der Waals surface area (Å²) < 4.78 is 0. The van der Waals surface area contributed by atoms with Crippen LogP contribution < -0.4 is 0 Å². The summed E-state index contributed by atoms with van der Waals surface area (Å²) >= 11 is 0. The highest BCUT2D eigenvalue weighted by Crippen LogP contribution is 2.37. The molecule has 0 aliphatic heterocycles. The molecule has 0 radical (unpaired) electrons. The van der Waals surface area contributed by atoms with Crippen molar-refractivity contribution in [1.82, 2.24) is 0 Å². The molecule has 1 aromatic carbocycles. The van der Waals surface area contributed by atoms with Crippen molar-refractivity contribution in [1.29, 1.82) is 0 Å². The van der Waals surface area contributed by atoms with Crippen LogP contribution in [0.15, 0.2) is 24.3 Å². The average Bonchev–Trinajstić information content (AvgIpc) is 2.23. The van der Waals surface area contributed by atoms with Crippen molar-refractivity contribution in [2.75, 3.05) is 6.61 Å². The van der Waals surface area contributed by atoms with E-state index in [1.807, 2.05) is 0 Å². The Morgan fingerprint density at radius 1 is 1.36 bits per heavy atom. The molecule has 0 spiro atoms. The molecule has 1 aliphatic rings. The first-order chi connectivity index (χ1) is 6.83. The Bertz CT molecular complexity index is 306. The Morgan fingerprint density at radius 2 is 2.14 bits per heavy atom. The molecule has 0 heterocycles. The van der Waals surface area contributed by atoms with Gasteiger partial charge in [0.15, 0.2) is 0 Å². The Kier molecular flexibility index (Phi) is 2.87. The zero-order valence-electron chi connectivity index (χ0n) is 8.74. The van der Waals surface area contributed by atoms with Gasteiger partial charge in [0, 0.05) is 6.61 Å². The van der Waals surface area contributed by atoms with E-state index in [1.54, 1.807) is 0 Å². The van der Waals surface area contributed by atoms with Crippen molar-refractivity contribution in [3.05, 3.63) is 35.4 Å². The minimum atomic E-state index is 0.331. The number of benzene rings is 1. The molecule has 1 nitrogen and oxygen atoms in total. The van der Waals surface area contributed by atoms with Gasteiger partial charge in [-0.3, -0.25) is 0 Å². The predicted octanol–water partition coefficient (Wildman–Crippen LogP) is 2.73. The summed E-state index contributed by atoms with van der Waals surface area (Å²) in [4.78, 5) is 0. The first kappa shape index (κ1) is 9.72. The van der Waals surface area contributed by atoms with E-state index in [4.69, 9.17) is 5.11 Å². The Hall–Kier alpha value is -0.820. The molecule has 0 bridgehead atoms. The molecule has 1 aliphatic carbocycles. The van der Waals surface area contributed by atoms with Crippen LogP contribution in [0.1, 0.15) is 36.8 Å². The van der Waals surface area contributed by atoms with Gasteiger partial charge in [-0.1, -0.05) is 31.2 Å². The van der Waals surface area contributed by atoms with E-state index in [9.17, 15) is 0 Å². The van der Waals surface area contributed by atoms with Crippen molar-refractivity contribution >= 4 is 0 Å². The van der Waals surface area contributed by atoms with Gasteiger partial charge in [-0.25, -0.2) is 0 Å². The van der Waals surface area contributed by atoms with Crippen LogP contribution in [-0.2, 0) is 6.42 Å². The van der Waals surface area contributed by atoms with E-state index in [2.05, 4.69) is 31.2 Å². The maximum Gasteiger partial charge on any atom is 0.0433 e. The third-order valence-electron chi connectivity index (χ3n) is 3.54. The van der Waals surface area contributed by atoms with E-state index in [-0.39, 0.29) is 0 Å². The van der Waals surface area contributed by atoms with Crippen LogP contribution in [0.25, 0.3) is 0 Å². The summed E-state index contributed by atoms with van der Waals surface area (Å²) in [6.07, 6.45) is 3.37. The highest BCUT2D eigenvalue weighted by atomic mass is 16.3. The van der Waals surface area contributed by atoms with Gasteiger partial charge in [0.2, 0.25) is 0 Å². The fraction of sp³-hybridized carbons (Fsp3) is 0.538. The first-order valence-corrected chi connectivity index (χ1v) is 5.51. The van der Waals surface area contributed by atoms with Crippen LogP contribution in [0.4, 0.5) is 0 Å². The third-order valence-corrected chi connectivity index (χ3v) is 3.54. The zero-order valence-corrected chi connectivity index (χ0v) is 8.74. The predicted molar refractivity (Wildman–Crippen MR) is 58.4 cm³/mol. The number of aliphatic hydroxyl groups is 1. The molecule has 2 rings (SSSR count). The molecule has 1 N–H and O–H groups in total. The summed E-state index contributed by atoms with van der Waals surface area (Å²) in [5.41, 5.74) is 3.01. The van der Waals surface area contributed by atoms with Gasteiger partial charge >= 0.3 is 0 Å². The third kappa shape index (κ3) is 1.69. The van der Waals surface area contributed by atoms with Crippen molar-refractivity contribution < 1.29 is 5.11 Å². The topological polar surface area (TPSA) is 20.2 Å². The number of rotatable bonds is 2. The number of aryl methyl sites for hydroxylation is 1. The minimum absolute atomic E-state index is 0.331. The van der Waals surface area contributed by atoms with Crippen LogP contribution in [0, 0.1) is 5.92 Å². The SMILES string of the molecule is CC1c2ccccc2CCC1CCO. The molecule has 0 fully saturated rings. The second-order valence-electron chi connectivity index (χ2n) is 4.30. The fourth-order valence-corrected chi connectivity index (χ4v) is 2.61. The standard InChI is InChI=1S/C13H18O/c1-10-11(8-9-14)6-7-12-4-2-3-5-13(10)12/h2-5,10-11,14H,6-9H2,1H3. The van der Waals surface area contributed by atoms with Crippen LogP contribution in [0.3, 0.4) is 0 Å². The van der Waals surface area contributed by atoms with Crippen molar-refractivity contribution in [2.45, 2.75) is 32.1 Å². The van der Waals surface area contributed by atoms with Gasteiger partial charge in [-0.15, -0.1) is 0 Å². The molecular weight excluding hydrogens is 172 g/mol. The molecule has 76 valence electrons. The van der Waals surface area contributed by atoms with Gasteiger partial charge in [0.25, 0.3) is 0 Å². The van der Waals surface area contributed by atoms with Crippen molar-refractivity contribution in [3.8, 4) is 0 Å². The normalized spacial score (nSPS) is 25.9. The van der Waals surface area contributed by atoms with E-state index in [1.165, 1.54) is 24.0 Å². The van der Waals surface area contributed by atoms with Gasteiger partial charge in [0.1, 0.15) is 0 Å². The number of hydrogen-bond acceptors (Lipinski definition) is 1. The van der Waals surface area contributed by atoms with Gasteiger partial charge in [-0.2, -0.15) is 0 Å². The second-order valence-corrected chi connectivity index (χ2v) is 4.30. The fourth-order valence-electron chi connectivity index (χ4n) is 2.61. The lowest BCUT2D eigenvalue weighted by atomic mass is 9.75. The van der Waals surface area contributed by atoms with Crippen LogP contribution in [0.5, 0.6) is 0 Å². The zero-order chi connectivity index (χ0) is 9.97. The number of hydrogen-bond donors (Lipinski definition) is 1. The molecule has 0 saturated heterocycles. The molecule has 14 heavy (non-hydrogen) atoms. The lowest BCUT2D eigenvalue weighted by molar-refractivity contribution is 0.234. The number of aliphatic hydroxyl groups excluding tert-OH is 1. The van der Waals surface area contributed by atoms with Crippen LogP contribution in [0.2, 0.25) is 0 Å². The van der Waals surface area contributed by atoms with Crippen molar-refractivity contribution in [3.63, 3.8) is 0 Å². The summed E-state index contributed by atoms with van der Waals surface area (Å²) in [5.74, 6) is 1.29. The van der Waals surface area contributed by atoms with E-state index < -0.39 is 0 Å². The Labute approximate surface area is 85.8 Å². The highest BCUT2D eigenvalue weighted by Gasteiger charge is 2.24. The van der Waals surface area contributed by atoms with Crippen LogP contribution in [-0.4, -0.2) is 11.7 Å².